The van der Waals surface area contributed by atoms with E-state index in [4.69, 9.17) is 4.98 Å². The van der Waals surface area contributed by atoms with E-state index < -0.39 is 17.7 Å². The van der Waals surface area contributed by atoms with Crippen LogP contribution in [0.2, 0.25) is 0 Å². The Morgan fingerprint density at radius 1 is 0.600 bits per heavy atom. The predicted octanol–water partition coefficient (Wildman–Crippen LogP) is 8.40. The van der Waals surface area contributed by atoms with E-state index in [2.05, 4.69) is 63.7 Å². The van der Waals surface area contributed by atoms with Crippen LogP contribution in [-0.2, 0) is 0 Å². The zero-order chi connectivity index (χ0) is 28.0. The fourth-order valence-electron chi connectivity index (χ4n) is 5.40. The SMILES string of the molecule is O=C1c2cc3ccccc3cc2C(=O)C1c1ccc2cccc(N3C(=O)c4c(Br)c(Br)c(Br)c(Br)c4C3=O)c2n1. The van der Waals surface area contributed by atoms with E-state index in [1.807, 2.05) is 24.3 Å². The van der Waals surface area contributed by atoms with Crippen molar-refractivity contribution in [2.75, 3.05) is 4.90 Å². The molecular weight excluding hydrogens is 772 g/mol. The quantitative estimate of drug-likeness (QED) is 0.0778. The smallest absolute Gasteiger partial charge is 0.267 e. The molecule has 0 spiro atoms. The zero-order valence-electron chi connectivity index (χ0n) is 20.0. The first-order valence-electron chi connectivity index (χ1n) is 11.9. The third kappa shape index (κ3) is 3.52. The molecule has 1 aliphatic carbocycles. The molecule has 4 aromatic carbocycles. The van der Waals surface area contributed by atoms with E-state index in [0.717, 1.165) is 15.7 Å². The molecule has 0 unspecified atom stereocenters. The van der Waals surface area contributed by atoms with Crippen LogP contribution in [0.5, 0.6) is 0 Å². The number of ketones is 2. The number of carbonyl (C=O) groups excluding carboxylic acids is 4. The molecule has 2 amide bonds. The summed E-state index contributed by atoms with van der Waals surface area (Å²) in [5.41, 5.74) is 2.02. The number of aromatic nitrogens is 1. The number of fused-ring (bicyclic) bond motifs is 4. The fraction of sp³-hybridized carbons (Fsp3) is 0.0333. The van der Waals surface area contributed by atoms with Gasteiger partial charge in [0.1, 0.15) is 5.92 Å². The lowest BCUT2D eigenvalue weighted by molar-refractivity contribution is 0.0882. The molecule has 6 nitrogen and oxygen atoms in total. The van der Waals surface area contributed by atoms with Crippen LogP contribution in [0.1, 0.15) is 53.0 Å². The predicted molar refractivity (Wildman–Crippen MR) is 165 cm³/mol. The van der Waals surface area contributed by atoms with Crippen molar-refractivity contribution in [3.8, 4) is 0 Å². The molecule has 0 fully saturated rings. The Hall–Kier alpha value is -3.05. The molecule has 0 atom stereocenters. The Morgan fingerprint density at radius 2 is 1.12 bits per heavy atom. The van der Waals surface area contributed by atoms with Crippen molar-refractivity contribution in [1.29, 1.82) is 0 Å². The van der Waals surface area contributed by atoms with Crippen LogP contribution < -0.4 is 4.90 Å². The molecule has 194 valence electrons. The van der Waals surface area contributed by atoms with Crippen molar-refractivity contribution < 1.29 is 19.2 Å². The number of imide groups is 1. The first-order chi connectivity index (χ1) is 19.2. The topological polar surface area (TPSA) is 84.4 Å². The van der Waals surface area contributed by atoms with Gasteiger partial charge in [-0.15, -0.1) is 0 Å². The summed E-state index contributed by atoms with van der Waals surface area (Å²) in [6.45, 7) is 0. The molecule has 0 radical (unpaired) electrons. The zero-order valence-corrected chi connectivity index (χ0v) is 26.3. The van der Waals surface area contributed by atoms with Gasteiger partial charge in [-0.2, -0.15) is 0 Å². The van der Waals surface area contributed by atoms with Crippen molar-refractivity contribution in [2.45, 2.75) is 5.92 Å². The van der Waals surface area contributed by atoms with E-state index >= 15 is 0 Å². The molecule has 0 N–H and O–H groups in total. The summed E-state index contributed by atoms with van der Waals surface area (Å²) in [6, 6.07) is 19.6. The molecule has 2 heterocycles. The van der Waals surface area contributed by atoms with Gasteiger partial charge in [0.15, 0.2) is 11.6 Å². The highest BCUT2D eigenvalue weighted by molar-refractivity contribution is 9.15. The highest BCUT2D eigenvalue weighted by Gasteiger charge is 2.44. The molecule has 2 aliphatic rings. The Kier molecular flexibility index (Phi) is 5.98. The van der Waals surface area contributed by atoms with Crippen molar-refractivity contribution in [3.63, 3.8) is 0 Å². The number of pyridine rings is 1. The normalized spacial score (nSPS) is 15.1. The minimum Gasteiger partial charge on any atom is -0.293 e. The van der Waals surface area contributed by atoms with Gasteiger partial charge >= 0.3 is 0 Å². The summed E-state index contributed by atoms with van der Waals surface area (Å²) >= 11 is 13.8. The number of Topliss-reactive ketones (excluding diaryl/α,β-unsaturated/α-hetero) is 2. The number of rotatable bonds is 2. The number of halogens is 4. The third-order valence-corrected chi connectivity index (χ3v) is 12.1. The molecule has 40 heavy (non-hydrogen) atoms. The lowest BCUT2D eigenvalue weighted by Gasteiger charge is -2.17. The molecule has 0 saturated carbocycles. The van der Waals surface area contributed by atoms with Gasteiger partial charge in [-0.3, -0.25) is 19.2 Å². The van der Waals surface area contributed by atoms with Crippen molar-refractivity contribution in [2.24, 2.45) is 0 Å². The maximum absolute atomic E-state index is 13.7. The van der Waals surface area contributed by atoms with Gasteiger partial charge in [-0.25, -0.2) is 9.88 Å². The van der Waals surface area contributed by atoms with Gasteiger partial charge in [0.2, 0.25) is 0 Å². The molecular formula is C30H12Br4N2O4. The molecule has 1 aromatic heterocycles. The van der Waals surface area contributed by atoms with Crippen LogP contribution in [-0.4, -0.2) is 28.4 Å². The van der Waals surface area contributed by atoms with Gasteiger partial charge in [-0.1, -0.05) is 42.5 Å². The summed E-state index contributed by atoms with van der Waals surface area (Å²) in [4.78, 5) is 60.2. The lowest BCUT2D eigenvalue weighted by Crippen LogP contribution is -2.30. The highest BCUT2D eigenvalue weighted by Crippen LogP contribution is 2.47. The van der Waals surface area contributed by atoms with Gasteiger partial charge in [0, 0.05) is 34.4 Å². The summed E-state index contributed by atoms with van der Waals surface area (Å²) in [5, 5.41) is 2.40. The standard InChI is InChI=1S/C30H12Br4N2O4/c31-22-20-21(23(32)25(34)24(22)33)30(40)36(29(20)39)18-7-3-6-12-8-9-17(35-26(12)18)19-27(37)15-10-13-4-1-2-5-14(13)11-16(15)28(19)38/h1-11,19H. The largest absolute Gasteiger partial charge is 0.293 e. The van der Waals surface area contributed by atoms with Crippen LogP contribution >= 0.6 is 63.7 Å². The Labute approximate surface area is 260 Å². The number of nitrogens with zero attached hydrogens (tertiary/aromatic N) is 2. The minimum atomic E-state index is -1.11. The highest BCUT2D eigenvalue weighted by atomic mass is 79.9. The number of anilines is 1. The molecule has 5 aromatic rings. The summed E-state index contributed by atoms with van der Waals surface area (Å²) < 4.78 is 2.06. The number of amides is 2. The van der Waals surface area contributed by atoms with Gasteiger partial charge in [0.25, 0.3) is 11.8 Å². The second kappa shape index (κ2) is 9.24. The first kappa shape index (κ1) is 25.9. The van der Waals surface area contributed by atoms with Crippen LogP contribution in [0.15, 0.2) is 84.6 Å². The van der Waals surface area contributed by atoms with E-state index in [0.29, 0.717) is 39.9 Å². The Morgan fingerprint density at radius 3 is 1.68 bits per heavy atom. The van der Waals surface area contributed by atoms with Crippen molar-refractivity contribution in [3.05, 3.63) is 113 Å². The Balaban J connectivity index is 1.37. The maximum Gasteiger partial charge on any atom is 0.267 e. The van der Waals surface area contributed by atoms with Gasteiger partial charge in [-0.05, 0) is 98.8 Å². The third-order valence-electron chi connectivity index (χ3n) is 7.30. The molecule has 0 saturated heterocycles. The monoisotopic (exact) mass is 780 g/mol. The summed E-state index contributed by atoms with van der Waals surface area (Å²) in [6.07, 6.45) is 0. The number of para-hydroxylation sites is 1. The molecule has 7 rings (SSSR count). The van der Waals surface area contributed by atoms with E-state index in [1.54, 1.807) is 42.5 Å². The minimum absolute atomic E-state index is 0.212. The second-order valence-corrected chi connectivity index (χ2v) is 12.6. The Bertz CT molecular complexity index is 1950. The lowest BCUT2D eigenvalue weighted by atomic mass is 9.98. The summed E-state index contributed by atoms with van der Waals surface area (Å²) in [5.74, 6) is -2.79. The van der Waals surface area contributed by atoms with Crippen LogP contribution in [0.4, 0.5) is 5.69 Å². The number of benzene rings is 4. The number of hydrogen-bond donors (Lipinski definition) is 0. The van der Waals surface area contributed by atoms with Crippen LogP contribution in [0.3, 0.4) is 0 Å². The average molecular weight is 784 g/mol. The molecule has 1 aliphatic heterocycles. The molecule has 10 heteroatoms. The fourth-order valence-corrected chi connectivity index (χ4v) is 7.86. The maximum atomic E-state index is 13.7. The molecule has 0 bridgehead atoms. The first-order valence-corrected chi connectivity index (χ1v) is 15.1. The van der Waals surface area contributed by atoms with Crippen LogP contribution in [0, 0.1) is 0 Å². The number of carbonyl (C=O) groups is 4. The van der Waals surface area contributed by atoms with E-state index in [1.165, 1.54) is 0 Å². The summed E-state index contributed by atoms with van der Waals surface area (Å²) in [7, 11) is 0. The van der Waals surface area contributed by atoms with Gasteiger partial charge in [0.05, 0.1) is 28.0 Å². The number of hydrogen-bond acceptors (Lipinski definition) is 5. The van der Waals surface area contributed by atoms with E-state index in [9.17, 15) is 19.2 Å². The second-order valence-electron chi connectivity index (χ2n) is 9.44. The van der Waals surface area contributed by atoms with Gasteiger partial charge < -0.3 is 0 Å². The van der Waals surface area contributed by atoms with Crippen molar-refractivity contribution in [1.82, 2.24) is 4.98 Å². The van der Waals surface area contributed by atoms with E-state index in [-0.39, 0.29) is 34.1 Å². The van der Waals surface area contributed by atoms with Crippen molar-refractivity contribution >= 4 is 114 Å². The average Bonchev–Trinajstić information content (AvgIpc) is 3.36. The van der Waals surface area contributed by atoms with Crippen LogP contribution in [0.25, 0.3) is 21.7 Å².